The van der Waals surface area contributed by atoms with Crippen LogP contribution in [0.5, 0.6) is 0 Å². The highest BCUT2D eigenvalue weighted by Crippen LogP contribution is 2.26. The molecule has 1 aromatic heterocycles. The summed E-state index contributed by atoms with van der Waals surface area (Å²) in [4.78, 5) is 28.6. The van der Waals surface area contributed by atoms with Crippen LogP contribution in [0.1, 0.15) is 35.7 Å². The number of piperidine rings is 1. The van der Waals surface area contributed by atoms with Crippen LogP contribution in [0.15, 0.2) is 74.7 Å². The molecule has 1 N–H and O–H groups in total. The Morgan fingerprint density at radius 1 is 1.31 bits per heavy atom. The zero-order chi connectivity index (χ0) is 24.8. The predicted octanol–water partition coefficient (Wildman–Crippen LogP) is 6.07. The van der Waals surface area contributed by atoms with Gasteiger partial charge in [0.1, 0.15) is 0 Å². The normalized spacial score (nSPS) is 18.9. The fraction of sp³-hybridized carbons (Fsp3) is 0.308. The van der Waals surface area contributed by atoms with Crippen molar-refractivity contribution >= 4 is 57.0 Å². The molecule has 2 aliphatic rings. The summed E-state index contributed by atoms with van der Waals surface area (Å²) in [6, 6.07) is 8.92. The molecule has 1 saturated heterocycles. The van der Waals surface area contributed by atoms with E-state index >= 15 is 0 Å². The maximum absolute atomic E-state index is 13.2. The third-order valence-electron chi connectivity index (χ3n) is 5.88. The van der Waals surface area contributed by atoms with Crippen molar-refractivity contribution in [2.75, 3.05) is 19.6 Å². The number of allylic oxidation sites excluding steroid dienone is 3. The second-order valence-corrected chi connectivity index (χ2v) is 10.3. The topological polar surface area (TPSA) is 70.0 Å². The Hall–Kier alpha value is -2.48. The molecule has 0 bridgehead atoms. The van der Waals surface area contributed by atoms with Gasteiger partial charge < -0.3 is 10.2 Å². The van der Waals surface area contributed by atoms with Gasteiger partial charge in [0.25, 0.3) is 5.91 Å². The maximum Gasteiger partial charge on any atom is 0.253 e. The van der Waals surface area contributed by atoms with Crippen LogP contribution in [0, 0.1) is 5.92 Å². The molecule has 35 heavy (non-hydrogen) atoms. The average molecular weight is 575 g/mol. The highest BCUT2D eigenvalue weighted by Gasteiger charge is 2.28. The zero-order valence-electron chi connectivity index (χ0n) is 19.3. The Morgan fingerprint density at radius 3 is 2.80 bits per heavy atom. The lowest BCUT2D eigenvalue weighted by Gasteiger charge is -2.33. The van der Waals surface area contributed by atoms with Crippen molar-refractivity contribution in [1.29, 1.82) is 0 Å². The van der Waals surface area contributed by atoms with E-state index in [2.05, 4.69) is 37.3 Å². The summed E-state index contributed by atoms with van der Waals surface area (Å²) < 4.78 is 0.890. The summed E-state index contributed by atoms with van der Waals surface area (Å²) in [5, 5.41) is 4.35. The number of amides is 1. The maximum atomic E-state index is 13.2. The molecule has 0 spiro atoms. The first-order chi connectivity index (χ1) is 16.9. The summed E-state index contributed by atoms with van der Waals surface area (Å²) in [7, 11) is 0. The van der Waals surface area contributed by atoms with E-state index < -0.39 is 0 Å². The first-order valence-corrected chi connectivity index (χ1v) is 13.0. The third kappa shape index (κ3) is 7.03. The SMILES string of the molecule is C/C(=C\C(=NC1=C(Br)C=NC1)C1CCCN(C(=O)c2cc(Cl)cc(Cl)c2)C1)NCc1cccnc1. The quantitative estimate of drug-likeness (QED) is 0.408. The molecule has 3 heterocycles. The van der Waals surface area contributed by atoms with Crippen molar-refractivity contribution in [2.24, 2.45) is 15.9 Å². The molecule has 2 aliphatic heterocycles. The number of nitrogens with zero attached hydrogens (tertiary/aromatic N) is 4. The molecule has 1 amide bonds. The number of benzene rings is 1. The largest absolute Gasteiger partial charge is 0.384 e. The lowest BCUT2D eigenvalue weighted by molar-refractivity contribution is 0.0703. The van der Waals surface area contributed by atoms with Gasteiger partial charge in [-0.2, -0.15) is 0 Å². The highest BCUT2D eigenvalue weighted by atomic mass is 79.9. The van der Waals surface area contributed by atoms with Crippen LogP contribution in [0.3, 0.4) is 0 Å². The summed E-state index contributed by atoms with van der Waals surface area (Å²) in [5.41, 5.74) is 4.42. The fourth-order valence-corrected chi connectivity index (χ4v) is 5.01. The van der Waals surface area contributed by atoms with Crippen LogP contribution in [0.25, 0.3) is 0 Å². The standard InChI is InChI=1S/C26H26BrCl2N5O/c1-17(32-13-18-4-2-6-30-12-18)8-24(33-25-15-31-14-23(25)27)19-5-3-7-34(16-19)26(35)20-9-21(28)11-22(29)10-20/h2,4,6,8-12,14,19,32H,3,5,7,13,15-16H2,1H3/b17-8+,33-24?. The summed E-state index contributed by atoms with van der Waals surface area (Å²) in [6.07, 6.45) is 9.30. The number of aliphatic imine (C=N–C) groups is 2. The van der Waals surface area contributed by atoms with Crippen LogP contribution < -0.4 is 5.32 Å². The van der Waals surface area contributed by atoms with Gasteiger partial charge >= 0.3 is 0 Å². The molecule has 1 unspecified atom stereocenters. The van der Waals surface area contributed by atoms with Crippen LogP contribution in [-0.2, 0) is 6.54 Å². The van der Waals surface area contributed by atoms with Crippen LogP contribution >= 0.6 is 39.1 Å². The van der Waals surface area contributed by atoms with Crippen molar-refractivity contribution in [3.63, 3.8) is 0 Å². The van der Waals surface area contributed by atoms with E-state index in [1.165, 1.54) is 0 Å². The molecule has 2 aromatic rings. The van der Waals surface area contributed by atoms with Gasteiger partial charge in [-0.25, -0.2) is 0 Å². The van der Waals surface area contributed by atoms with Crippen molar-refractivity contribution < 1.29 is 4.79 Å². The number of rotatable bonds is 7. The average Bonchev–Trinajstić information content (AvgIpc) is 3.26. The van der Waals surface area contributed by atoms with Gasteiger partial charge in [0.15, 0.2) is 0 Å². The van der Waals surface area contributed by atoms with Gasteiger partial charge in [-0.3, -0.25) is 19.8 Å². The Bertz CT molecular complexity index is 1190. The molecule has 4 rings (SSSR count). The lowest BCUT2D eigenvalue weighted by Crippen LogP contribution is -2.42. The lowest BCUT2D eigenvalue weighted by atomic mass is 9.91. The molecular formula is C26H26BrCl2N5O. The van der Waals surface area contributed by atoms with E-state index in [-0.39, 0.29) is 11.8 Å². The van der Waals surface area contributed by atoms with Gasteiger partial charge in [-0.1, -0.05) is 29.3 Å². The monoisotopic (exact) mass is 573 g/mol. The highest BCUT2D eigenvalue weighted by molar-refractivity contribution is 9.12. The summed E-state index contributed by atoms with van der Waals surface area (Å²) in [6.45, 7) is 4.49. The molecule has 1 fully saturated rings. The van der Waals surface area contributed by atoms with Gasteiger partial charge in [0, 0.05) is 71.2 Å². The molecule has 1 atom stereocenters. The predicted molar refractivity (Wildman–Crippen MR) is 147 cm³/mol. The number of hydrogen-bond acceptors (Lipinski definition) is 5. The van der Waals surface area contributed by atoms with E-state index in [0.29, 0.717) is 41.8 Å². The van der Waals surface area contributed by atoms with E-state index in [9.17, 15) is 4.79 Å². The van der Waals surface area contributed by atoms with Crippen molar-refractivity contribution in [1.82, 2.24) is 15.2 Å². The first kappa shape index (κ1) is 25.6. The van der Waals surface area contributed by atoms with Gasteiger partial charge in [-0.05, 0) is 71.6 Å². The molecule has 182 valence electrons. The number of halogens is 3. The Labute approximate surface area is 224 Å². The van der Waals surface area contributed by atoms with Gasteiger partial charge in [-0.15, -0.1) is 0 Å². The molecule has 9 heteroatoms. The Balaban J connectivity index is 1.55. The van der Waals surface area contributed by atoms with E-state index in [1.807, 2.05) is 30.2 Å². The number of pyridine rings is 1. The zero-order valence-corrected chi connectivity index (χ0v) is 22.4. The van der Waals surface area contributed by atoms with Crippen LogP contribution in [0.4, 0.5) is 0 Å². The Kier molecular flexibility index (Phi) is 8.76. The molecular weight excluding hydrogens is 549 g/mol. The van der Waals surface area contributed by atoms with Crippen molar-refractivity contribution in [3.8, 4) is 0 Å². The van der Waals surface area contributed by atoms with Crippen LogP contribution in [0.2, 0.25) is 10.0 Å². The number of carbonyl (C=O) groups excluding carboxylic acids is 1. The van der Waals surface area contributed by atoms with E-state index in [4.69, 9.17) is 28.2 Å². The minimum absolute atomic E-state index is 0.0709. The summed E-state index contributed by atoms with van der Waals surface area (Å²) >= 11 is 15.8. The van der Waals surface area contributed by atoms with Crippen LogP contribution in [-0.4, -0.2) is 47.4 Å². The first-order valence-electron chi connectivity index (χ1n) is 11.4. The van der Waals surface area contributed by atoms with E-state index in [1.54, 1.807) is 30.6 Å². The minimum atomic E-state index is -0.0709. The second-order valence-electron chi connectivity index (χ2n) is 8.59. The van der Waals surface area contributed by atoms with Crippen molar-refractivity contribution in [2.45, 2.75) is 26.3 Å². The molecule has 6 nitrogen and oxygen atoms in total. The number of nitrogens with one attached hydrogen (secondary N) is 1. The molecule has 1 aromatic carbocycles. The molecule has 0 saturated carbocycles. The van der Waals surface area contributed by atoms with Crippen molar-refractivity contribution in [3.05, 3.63) is 85.9 Å². The smallest absolute Gasteiger partial charge is 0.253 e. The number of aromatic nitrogens is 1. The molecule has 0 radical (unpaired) electrons. The minimum Gasteiger partial charge on any atom is -0.384 e. The number of carbonyl (C=O) groups is 1. The van der Waals surface area contributed by atoms with Gasteiger partial charge in [0.05, 0.1) is 16.7 Å². The number of likely N-dealkylation sites (tertiary alicyclic amines) is 1. The summed E-state index contributed by atoms with van der Waals surface area (Å²) in [5.74, 6) is 0.0179. The van der Waals surface area contributed by atoms with Gasteiger partial charge in [0.2, 0.25) is 0 Å². The van der Waals surface area contributed by atoms with E-state index in [0.717, 1.165) is 40.0 Å². The third-order valence-corrected chi connectivity index (χ3v) is 6.98. The molecule has 0 aliphatic carbocycles. The second kappa shape index (κ2) is 12.0. The fourth-order valence-electron chi connectivity index (χ4n) is 4.13. The Morgan fingerprint density at radius 2 is 2.11 bits per heavy atom. The number of hydrogen-bond donors (Lipinski definition) is 1.